The lowest BCUT2D eigenvalue weighted by molar-refractivity contribution is 0.0686. The minimum Gasteiger partial charge on any atom is -0.478 e. The average molecular weight is 326 g/mol. The highest BCUT2D eigenvalue weighted by atomic mass is 16.4. The largest absolute Gasteiger partial charge is 0.478 e. The van der Waals surface area contributed by atoms with Crippen LogP contribution in [0.25, 0.3) is 0 Å². The molecule has 2 N–H and O–H groups in total. The van der Waals surface area contributed by atoms with Crippen molar-refractivity contribution in [2.24, 2.45) is 0 Å². The molecule has 1 unspecified atom stereocenters. The Hall–Kier alpha value is -2.62. The maximum Gasteiger partial charge on any atom is 0.335 e. The van der Waals surface area contributed by atoms with Gasteiger partial charge in [-0.2, -0.15) is 0 Å². The van der Waals surface area contributed by atoms with Crippen LogP contribution in [0.15, 0.2) is 36.4 Å². The SMILES string of the molecule is CCC(Cc1cc(C(=O)O)ccc1C)c1cc(C(=O)O)ccc1C. The molecular formula is C20H22O4. The topological polar surface area (TPSA) is 74.6 Å². The Labute approximate surface area is 141 Å². The van der Waals surface area contributed by atoms with Gasteiger partial charge in [-0.1, -0.05) is 19.1 Å². The van der Waals surface area contributed by atoms with E-state index in [4.69, 9.17) is 0 Å². The molecule has 24 heavy (non-hydrogen) atoms. The first kappa shape index (κ1) is 17.7. The first-order chi connectivity index (χ1) is 11.3. The van der Waals surface area contributed by atoms with Gasteiger partial charge in [0.25, 0.3) is 0 Å². The van der Waals surface area contributed by atoms with Crippen molar-refractivity contribution in [3.8, 4) is 0 Å². The van der Waals surface area contributed by atoms with Crippen molar-refractivity contribution in [2.45, 2.75) is 39.5 Å². The van der Waals surface area contributed by atoms with E-state index in [1.54, 1.807) is 24.3 Å². The fraction of sp³-hybridized carbons (Fsp3) is 0.300. The van der Waals surface area contributed by atoms with Crippen molar-refractivity contribution in [1.82, 2.24) is 0 Å². The molecule has 4 nitrogen and oxygen atoms in total. The smallest absolute Gasteiger partial charge is 0.335 e. The third-order valence-corrected chi connectivity index (χ3v) is 4.52. The maximum atomic E-state index is 11.2. The Bertz CT molecular complexity index is 777. The van der Waals surface area contributed by atoms with E-state index in [9.17, 15) is 19.8 Å². The van der Waals surface area contributed by atoms with Gasteiger partial charge in [0, 0.05) is 0 Å². The van der Waals surface area contributed by atoms with Crippen molar-refractivity contribution in [3.63, 3.8) is 0 Å². The number of aryl methyl sites for hydroxylation is 2. The zero-order valence-electron chi connectivity index (χ0n) is 14.2. The molecular weight excluding hydrogens is 304 g/mol. The number of carbonyl (C=O) groups is 2. The number of aromatic carboxylic acids is 2. The second-order valence-corrected chi connectivity index (χ2v) is 6.13. The third-order valence-electron chi connectivity index (χ3n) is 4.52. The highest BCUT2D eigenvalue weighted by Crippen LogP contribution is 2.29. The van der Waals surface area contributed by atoms with Crippen molar-refractivity contribution >= 4 is 11.9 Å². The van der Waals surface area contributed by atoms with Crippen LogP contribution in [-0.2, 0) is 6.42 Å². The van der Waals surface area contributed by atoms with Crippen LogP contribution in [0.4, 0.5) is 0 Å². The van der Waals surface area contributed by atoms with Gasteiger partial charge >= 0.3 is 11.9 Å². The molecule has 4 heteroatoms. The Balaban J connectivity index is 2.40. The van der Waals surface area contributed by atoms with Crippen molar-refractivity contribution in [2.75, 3.05) is 0 Å². The molecule has 0 saturated carbocycles. The molecule has 0 amide bonds. The number of benzene rings is 2. The summed E-state index contributed by atoms with van der Waals surface area (Å²) in [6, 6.07) is 10.3. The Kier molecular flexibility index (Phi) is 5.39. The van der Waals surface area contributed by atoms with Gasteiger partial charge in [0.05, 0.1) is 11.1 Å². The summed E-state index contributed by atoms with van der Waals surface area (Å²) in [5, 5.41) is 18.4. The molecule has 0 heterocycles. The minimum atomic E-state index is -0.937. The Morgan fingerprint density at radius 3 is 2.00 bits per heavy atom. The molecule has 0 aliphatic rings. The van der Waals surface area contributed by atoms with Crippen molar-refractivity contribution in [3.05, 3.63) is 69.8 Å². The fourth-order valence-corrected chi connectivity index (χ4v) is 2.98. The van der Waals surface area contributed by atoms with Gasteiger partial charge in [-0.15, -0.1) is 0 Å². The van der Waals surface area contributed by atoms with Gasteiger partial charge in [0.15, 0.2) is 0 Å². The summed E-state index contributed by atoms with van der Waals surface area (Å²) in [7, 11) is 0. The van der Waals surface area contributed by atoms with Gasteiger partial charge in [0.1, 0.15) is 0 Å². The predicted octanol–water partition coefficient (Wildman–Crippen LogP) is 4.44. The van der Waals surface area contributed by atoms with Crippen LogP contribution < -0.4 is 0 Å². The number of carboxylic acids is 2. The van der Waals surface area contributed by atoms with Crippen LogP contribution in [0.2, 0.25) is 0 Å². The van der Waals surface area contributed by atoms with E-state index < -0.39 is 11.9 Å². The van der Waals surface area contributed by atoms with Gasteiger partial charge in [0.2, 0.25) is 0 Å². The van der Waals surface area contributed by atoms with Crippen LogP contribution in [0.1, 0.15) is 62.2 Å². The molecule has 0 spiro atoms. The Morgan fingerprint density at radius 1 is 0.917 bits per heavy atom. The highest BCUT2D eigenvalue weighted by Gasteiger charge is 2.17. The molecule has 1 atom stereocenters. The number of hydrogen-bond donors (Lipinski definition) is 2. The van der Waals surface area contributed by atoms with E-state index in [0.717, 1.165) is 28.7 Å². The molecule has 0 radical (unpaired) electrons. The van der Waals surface area contributed by atoms with Gasteiger partial charge in [-0.3, -0.25) is 0 Å². The summed E-state index contributed by atoms with van der Waals surface area (Å²) in [6.07, 6.45) is 1.54. The molecule has 0 aromatic heterocycles. The molecule has 126 valence electrons. The van der Waals surface area contributed by atoms with Crippen LogP contribution in [0, 0.1) is 13.8 Å². The second-order valence-electron chi connectivity index (χ2n) is 6.13. The standard InChI is InChI=1S/C20H22O4/c1-4-14(18-11-16(20(23)24)8-6-13(18)3)9-17-10-15(19(21)22)7-5-12(17)2/h5-8,10-11,14H,4,9H2,1-3H3,(H,21,22)(H,23,24). The molecule has 2 aromatic carbocycles. The summed E-state index contributed by atoms with van der Waals surface area (Å²) in [4.78, 5) is 22.4. The molecule has 2 rings (SSSR count). The predicted molar refractivity (Wildman–Crippen MR) is 93.0 cm³/mol. The lowest BCUT2D eigenvalue weighted by Crippen LogP contribution is -2.08. The molecule has 0 fully saturated rings. The van der Waals surface area contributed by atoms with E-state index in [0.29, 0.717) is 6.42 Å². The van der Waals surface area contributed by atoms with Crippen molar-refractivity contribution in [1.29, 1.82) is 0 Å². The van der Waals surface area contributed by atoms with Gasteiger partial charge in [-0.05, 0) is 79.1 Å². The number of rotatable bonds is 6. The lowest BCUT2D eigenvalue weighted by Gasteiger charge is -2.20. The van der Waals surface area contributed by atoms with E-state index in [1.807, 2.05) is 26.0 Å². The first-order valence-electron chi connectivity index (χ1n) is 8.00. The highest BCUT2D eigenvalue weighted by molar-refractivity contribution is 5.88. The molecule has 0 bridgehead atoms. The first-order valence-corrected chi connectivity index (χ1v) is 8.00. The summed E-state index contributed by atoms with van der Waals surface area (Å²) >= 11 is 0. The summed E-state index contributed by atoms with van der Waals surface area (Å²) in [5.74, 6) is -1.73. The number of hydrogen-bond acceptors (Lipinski definition) is 2. The zero-order valence-corrected chi connectivity index (χ0v) is 14.2. The lowest BCUT2D eigenvalue weighted by atomic mass is 9.85. The van der Waals surface area contributed by atoms with E-state index in [2.05, 4.69) is 6.92 Å². The maximum absolute atomic E-state index is 11.2. The third kappa shape index (κ3) is 3.82. The normalized spacial score (nSPS) is 12.0. The minimum absolute atomic E-state index is 0.145. The van der Waals surface area contributed by atoms with Crippen LogP contribution >= 0.6 is 0 Å². The summed E-state index contributed by atoms with van der Waals surface area (Å²) in [5.41, 5.74) is 4.66. The van der Waals surface area contributed by atoms with Gasteiger partial charge < -0.3 is 10.2 Å². The van der Waals surface area contributed by atoms with Crippen molar-refractivity contribution < 1.29 is 19.8 Å². The number of carboxylic acid groups (broad SMARTS) is 2. The molecule has 0 aliphatic carbocycles. The van der Waals surface area contributed by atoms with E-state index >= 15 is 0 Å². The van der Waals surface area contributed by atoms with Crippen LogP contribution in [-0.4, -0.2) is 22.2 Å². The summed E-state index contributed by atoms with van der Waals surface area (Å²) < 4.78 is 0. The molecule has 2 aromatic rings. The molecule has 0 saturated heterocycles. The zero-order chi connectivity index (χ0) is 17.9. The quantitative estimate of drug-likeness (QED) is 0.823. The van der Waals surface area contributed by atoms with Crippen LogP contribution in [0.3, 0.4) is 0 Å². The average Bonchev–Trinajstić information content (AvgIpc) is 2.54. The van der Waals surface area contributed by atoms with E-state index in [-0.39, 0.29) is 17.0 Å². The van der Waals surface area contributed by atoms with E-state index in [1.165, 1.54) is 0 Å². The van der Waals surface area contributed by atoms with Gasteiger partial charge in [-0.25, -0.2) is 9.59 Å². The monoisotopic (exact) mass is 326 g/mol. The fourth-order valence-electron chi connectivity index (χ4n) is 2.98. The summed E-state index contributed by atoms with van der Waals surface area (Å²) in [6.45, 7) is 6.01. The second kappa shape index (κ2) is 7.30. The van der Waals surface area contributed by atoms with Crippen LogP contribution in [0.5, 0.6) is 0 Å². The Morgan fingerprint density at radius 2 is 1.46 bits per heavy atom. The molecule has 0 aliphatic heterocycles.